The molecule has 4 aliphatic rings. The van der Waals surface area contributed by atoms with Gasteiger partial charge in [-0.25, -0.2) is 4.79 Å². The van der Waals surface area contributed by atoms with Crippen LogP contribution in [0.2, 0.25) is 0 Å². The van der Waals surface area contributed by atoms with Crippen molar-refractivity contribution in [2.24, 2.45) is 5.41 Å². The average molecular weight is 502 g/mol. The molecule has 1 N–H and O–H groups in total. The molecule has 0 amide bonds. The van der Waals surface area contributed by atoms with Gasteiger partial charge in [0, 0.05) is 17.8 Å². The second-order valence-electron chi connectivity index (χ2n) is 7.44. The first-order valence-corrected chi connectivity index (χ1v) is 9.16. The fraction of sp³-hybridized carbons (Fsp3) is 0.800. The van der Waals surface area contributed by atoms with Gasteiger partial charge in [0.1, 0.15) is 0 Å². The van der Waals surface area contributed by atoms with E-state index in [2.05, 4.69) is 51.8 Å². The fourth-order valence-corrected chi connectivity index (χ4v) is 10.3. The minimum absolute atomic E-state index is 0.0447. The van der Waals surface area contributed by atoms with Crippen molar-refractivity contribution in [3.8, 4) is 0 Å². The van der Waals surface area contributed by atoms with Gasteiger partial charge in [-0.05, 0) is 45.4 Å². The molecule has 0 aromatic heterocycles. The third-order valence-electron chi connectivity index (χ3n) is 4.87. The van der Waals surface area contributed by atoms with Gasteiger partial charge in [0.2, 0.25) is 0 Å². The molecule has 4 saturated carbocycles. The molecule has 0 aromatic rings. The molecule has 2 unspecified atom stereocenters. The maximum Gasteiger partial charge on any atom is 0.333 e. The van der Waals surface area contributed by atoms with E-state index in [0.29, 0.717) is 12.2 Å². The highest BCUT2D eigenvalue weighted by Crippen LogP contribution is 2.69. The number of hydrogen-bond donors (Lipinski definition) is 1. The number of ether oxygens (including phenoxy) is 1. The Kier molecular flexibility index (Phi) is 3.54. The third-order valence-corrected chi connectivity index (χ3v) is 7.16. The zero-order chi connectivity index (χ0) is 14.8. The molecule has 4 rings (SSSR count). The molecule has 5 heteroatoms. The monoisotopic (exact) mass is 502 g/mol. The Morgan fingerprint density at radius 2 is 1.70 bits per heavy atom. The van der Waals surface area contributed by atoms with Gasteiger partial charge in [-0.1, -0.05) is 51.8 Å². The van der Waals surface area contributed by atoms with Gasteiger partial charge in [-0.2, -0.15) is 0 Å². The standard InChI is InChI=1S/C15H20I2O3/c1-10(2)11(18)20-9-12-3-13(16)6-14(17,4-12)8-15(19,5-12)7-13/h19H,1,3-9H2,2H3. The summed E-state index contributed by atoms with van der Waals surface area (Å²) in [5, 5.41) is 10.9. The van der Waals surface area contributed by atoms with E-state index < -0.39 is 5.60 Å². The number of hydrogen-bond acceptors (Lipinski definition) is 3. The Morgan fingerprint density at radius 3 is 2.15 bits per heavy atom. The highest BCUT2D eigenvalue weighted by Gasteiger charge is 2.67. The van der Waals surface area contributed by atoms with Crippen LogP contribution in [0, 0.1) is 5.41 Å². The molecule has 20 heavy (non-hydrogen) atoms. The fourth-order valence-electron chi connectivity index (χ4n) is 5.03. The van der Waals surface area contributed by atoms with Gasteiger partial charge in [0.05, 0.1) is 12.2 Å². The molecule has 0 heterocycles. The van der Waals surface area contributed by atoms with E-state index >= 15 is 0 Å². The number of halogens is 2. The van der Waals surface area contributed by atoms with Crippen molar-refractivity contribution in [3.63, 3.8) is 0 Å². The lowest BCUT2D eigenvalue weighted by Gasteiger charge is -2.66. The highest BCUT2D eigenvalue weighted by atomic mass is 127. The molecule has 4 bridgehead atoms. The van der Waals surface area contributed by atoms with Crippen LogP contribution in [0.25, 0.3) is 0 Å². The van der Waals surface area contributed by atoms with Crippen molar-refractivity contribution in [1.82, 2.24) is 0 Å². The summed E-state index contributed by atoms with van der Waals surface area (Å²) in [6.07, 6.45) is 5.83. The van der Waals surface area contributed by atoms with E-state index in [0.717, 1.165) is 32.1 Å². The molecule has 2 atom stereocenters. The van der Waals surface area contributed by atoms with E-state index in [4.69, 9.17) is 4.74 Å². The molecule has 112 valence electrons. The number of alkyl halides is 2. The van der Waals surface area contributed by atoms with Crippen LogP contribution in [0.5, 0.6) is 0 Å². The minimum Gasteiger partial charge on any atom is -0.462 e. The summed E-state index contributed by atoms with van der Waals surface area (Å²) in [5.41, 5.74) is -0.161. The number of carbonyl (C=O) groups excluding carboxylic acids is 1. The van der Waals surface area contributed by atoms with Crippen molar-refractivity contribution >= 4 is 51.2 Å². The largest absolute Gasteiger partial charge is 0.462 e. The van der Waals surface area contributed by atoms with Crippen molar-refractivity contribution in [1.29, 1.82) is 0 Å². The number of aliphatic hydroxyl groups is 1. The van der Waals surface area contributed by atoms with Gasteiger partial charge < -0.3 is 9.84 Å². The first-order valence-electron chi connectivity index (χ1n) is 7.00. The predicted molar refractivity (Wildman–Crippen MR) is 94.4 cm³/mol. The number of esters is 1. The zero-order valence-corrected chi connectivity index (χ0v) is 16.0. The molecule has 4 fully saturated rings. The topological polar surface area (TPSA) is 46.5 Å². The molecule has 4 aliphatic carbocycles. The van der Waals surface area contributed by atoms with E-state index in [1.165, 1.54) is 6.42 Å². The Hall–Kier alpha value is 0.630. The van der Waals surface area contributed by atoms with Crippen LogP contribution in [0.3, 0.4) is 0 Å². The van der Waals surface area contributed by atoms with Gasteiger partial charge in [-0.15, -0.1) is 0 Å². The van der Waals surface area contributed by atoms with Crippen LogP contribution < -0.4 is 0 Å². The van der Waals surface area contributed by atoms with Crippen LogP contribution in [-0.2, 0) is 9.53 Å². The Labute approximate surface area is 147 Å². The minimum atomic E-state index is -0.563. The van der Waals surface area contributed by atoms with Crippen LogP contribution in [0.4, 0.5) is 0 Å². The van der Waals surface area contributed by atoms with Crippen LogP contribution in [0.15, 0.2) is 12.2 Å². The van der Waals surface area contributed by atoms with Crippen LogP contribution in [-0.4, -0.2) is 30.1 Å². The molecular formula is C15H20I2O3. The molecule has 0 aromatic carbocycles. The highest BCUT2D eigenvalue weighted by molar-refractivity contribution is 14.1. The summed E-state index contributed by atoms with van der Waals surface area (Å²) >= 11 is 5.09. The maximum atomic E-state index is 11.7. The molecule has 0 aliphatic heterocycles. The lowest BCUT2D eigenvalue weighted by molar-refractivity contribution is -0.167. The lowest BCUT2D eigenvalue weighted by Crippen LogP contribution is -2.66. The summed E-state index contributed by atoms with van der Waals surface area (Å²) in [6.45, 7) is 5.74. The summed E-state index contributed by atoms with van der Waals surface area (Å²) in [7, 11) is 0. The van der Waals surface area contributed by atoms with E-state index in [1.54, 1.807) is 6.92 Å². The SMILES string of the molecule is C=C(C)C(=O)OCC12CC3(O)CC(I)(CC(I)(C3)C1)C2. The van der Waals surface area contributed by atoms with Crippen molar-refractivity contribution in [2.45, 2.75) is 57.9 Å². The van der Waals surface area contributed by atoms with Crippen molar-refractivity contribution in [3.05, 3.63) is 12.2 Å². The maximum absolute atomic E-state index is 11.7. The summed E-state index contributed by atoms with van der Waals surface area (Å²) in [4.78, 5) is 11.7. The number of rotatable bonds is 3. The van der Waals surface area contributed by atoms with Crippen molar-refractivity contribution < 1.29 is 14.6 Å². The Morgan fingerprint density at radius 1 is 1.15 bits per heavy atom. The van der Waals surface area contributed by atoms with Gasteiger partial charge >= 0.3 is 5.97 Å². The Bertz CT molecular complexity index is 434. The third kappa shape index (κ3) is 2.66. The summed E-state index contributed by atoms with van der Waals surface area (Å²) in [5.74, 6) is -0.308. The summed E-state index contributed by atoms with van der Waals surface area (Å²) in [6, 6.07) is 0. The smallest absolute Gasteiger partial charge is 0.333 e. The second kappa shape index (κ2) is 4.57. The molecule has 0 radical (unpaired) electrons. The van der Waals surface area contributed by atoms with Gasteiger partial charge in [0.15, 0.2) is 0 Å². The number of carbonyl (C=O) groups is 1. The van der Waals surface area contributed by atoms with Crippen molar-refractivity contribution in [2.75, 3.05) is 6.61 Å². The van der Waals surface area contributed by atoms with E-state index in [-0.39, 0.29) is 18.2 Å². The van der Waals surface area contributed by atoms with Crippen LogP contribution >= 0.6 is 45.2 Å². The zero-order valence-electron chi connectivity index (χ0n) is 11.7. The normalized spacial score (nSPS) is 49.2. The van der Waals surface area contributed by atoms with Crippen LogP contribution in [0.1, 0.15) is 45.4 Å². The average Bonchev–Trinajstić information content (AvgIpc) is 2.18. The molecule has 3 nitrogen and oxygen atoms in total. The van der Waals surface area contributed by atoms with Gasteiger partial charge in [0.25, 0.3) is 0 Å². The quantitative estimate of drug-likeness (QED) is 0.278. The predicted octanol–water partition coefficient (Wildman–Crippen LogP) is 3.55. The lowest BCUT2D eigenvalue weighted by atomic mass is 9.48. The van der Waals surface area contributed by atoms with E-state index in [1.807, 2.05) is 0 Å². The summed E-state index contributed by atoms with van der Waals surface area (Å²) < 4.78 is 5.80. The molecule has 0 spiro atoms. The second-order valence-corrected chi connectivity index (χ2v) is 12.0. The Balaban J connectivity index is 1.83. The first-order chi connectivity index (χ1) is 9.07. The molecular weight excluding hydrogens is 482 g/mol. The first kappa shape index (κ1) is 15.5. The van der Waals surface area contributed by atoms with E-state index in [9.17, 15) is 9.90 Å². The van der Waals surface area contributed by atoms with Gasteiger partial charge in [-0.3, -0.25) is 0 Å². The molecule has 0 saturated heterocycles.